The first-order valence-corrected chi connectivity index (χ1v) is 5.21. The van der Waals surface area contributed by atoms with Crippen molar-refractivity contribution in [1.82, 2.24) is 10.2 Å². The average Bonchev–Trinajstić information content (AvgIpc) is 2.00. The lowest BCUT2D eigenvalue weighted by molar-refractivity contribution is -0.138. The summed E-state index contributed by atoms with van der Waals surface area (Å²) in [7, 11) is 0. The van der Waals surface area contributed by atoms with Gasteiger partial charge in [0.25, 0.3) is 0 Å². The first-order valence-electron chi connectivity index (χ1n) is 5.21. The Morgan fingerprint density at radius 3 is 2.43 bits per heavy atom. The van der Waals surface area contributed by atoms with Crippen LogP contribution in [0.3, 0.4) is 0 Å². The van der Waals surface area contributed by atoms with Crippen LogP contribution in [0.4, 0.5) is 0 Å². The van der Waals surface area contributed by atoms with Gasteiger partial charge in [0.05, 0.1) is 6.42 Å². The predicted molar refractivity (Wildman–Crippen MR) is 55.3 cm³/mol. The van der Waals surface area contributed by atoms with Crippen LogP contribution in [0, 0.1) is 0 Å². The zero-order valence-corrected chi connectivity index (χ0v) is 9.16. The molecule has 0 spiro atoms. The highest BCUT2D eigenvalue weighted by Gasteiger charge is 2.25. The molecule has 0 aromatic rings. The van der Waals surface area contributed by atoms with Gasteiger partial charge in [0, 0.05) is 31.2 Å². The van der Waals surface area contributed by atoms with E-state index >= 15 is 0 Å². The van der Waals surface area contributed by atoms with Gasteiger partial charge in [-0.15, -0.1) is 0 Å². The molecule has 0 aromatic heterocycles. The quantitative estimate of drug-likeness (QED) is 0.698. The molecule has 0 aromatic carbocycles. The molecule has 1 aliphatic heterocycles. The fourth-order valence-electron chi connectivity index (χ4n) is 2.11. The summed E-state index contributed by atoms with van der Waals surface area (Å²) < 4.78 is 0. The van der Waals surface area contributed by atoms with Gasteiger partial charge in [-0.2, -0.15) is 0 Å². The van der Waals surface area contributed by atoms with Gasteiger partial charge < -0.3 is 10.4 Å². The minimum Gasteiger partial charge on any atom is -0.481 e. The molecule has 2 N–H and O–H groups in total. The molecule has 4 heteroatoms. The third-order valence-corrected chi connectivity index (χ3v) is 2.68. The number of aliphatic carboxylic acids is 1. The Morgan fingerprint density at radius 2 is 2.00 bits per heavy atom. The van der Waals surface area contributed by atoms with E-state index in [0.717, 1.165) is 13.1 Å². The van der Waals surface area contributed by atoms with Crippen molar-refractivity contribution in [3.8, 4) is 0 Å². The molecule has 1 saturated heterocycles. The topological polar surface area (TPSA) is 52.6 Å². The second kappa shape index (κ2) is 4.75. The molecule has 0 amide bonds. The Bertz CT molecular complexity index is 198. The Morgan fingerprint density at radius 1 is 1.50 bits per heavy atom. The molecule has 1 aliphatic rings. The summed E-state index contributed by atoms with van der Waals surface area (Å²) in [6.07, 6.45) is 0.236. The second-order valence-electron chi connectivity index (χ2n) is 4.37. The lowest BCUT2D eigenvalue weighted by atomic mass is 10.1. The summed E-state index contributed by atoms with van der Waals surface area (Å²) in [5.41, 5.74) is 0. The van der Waals surface area contributed by atoms with Crippen molar-refractivity contribution in [3.05, 3.63) is 0 Å². The van der Waals surface area contributed by atoms with Crippen LogP contribution >= 0.6 is 0 Å². The van der Waals surface area contributed by atoms with Crippen LogP contribution in [0.15, 0.2) is 0 Å². The smallest absolute Gasteiger partial charge is 0.304 e. The van der Waals surface area contributed by atoms with E-state index in [1.807, 2.05) is 6.92 Å². The van der Waals surface area contributed by atoms with Crippen molar-refractivity contribution in [2.75, 3.05) is 13.1 Å². The third kappa shape index (κ3) is 3.27. The molecule has 82 valence electrons. The van der Waals surface area contributed by atoms with Crippen LogP contribution in [-0.2, 0) is 4.79 Å². The van der Waals surface area contributed by atoms with Crippen LogP contribution in [-0.4, -0.2) is 47.2 Å². The Balaban J connectivity index is 2.46. The van der Waals surface area contributed by atoms with E-state index in [4.69, 9.17) is 5.11 Å². The SMILES string of the molecule is CC1CN(C(C)CC(=O)O)CC(C)N1. The van der Waals surface area contributed by atoms with Crippen LogP contribution in [0.5, 0.6) is 0 Å². The van der Waals surface area contributed by atoms with Crippen LogP contribution in [0.2, 0.25) is 0 Å². The van der Waals surface area contributed by atoms with Gasteiger partial charge in [-0.1, -0.05) is 0 Å². The van der Waals surface area contributed by atoms with E-state index in [9.17, 15) is 4.79 Å². The summed E-state index contributed by atoms with van der Waals surface area (Å²) in [6, 6.07) is 1.05. The number of nitrogens with zero attached hydrogens (tertiary/aromatic N) is 1. The van der Waals surface area contributed by atoms with Crippen molar-refractivity contribution < 1.29 is 9.90 Å². The molecule has 0 bridgehead atoms. The Kier molecular flexibility index (Phi) is 3.89. The van der Waals surface area contributed by atoms with Gasteiger partial charge in [0.2, 0.25) is 0 Å². The fraction of sp³-hybridized carbons (Fsp3) is 0.900. The normalized spacial score (nSPS) is 31.4. The van der Waals surface area contributed by atoms with Gasteiger partial charge in [-0.3, -0.25) is 9.69 Å². The van der Waals surface area contributed by atoms with Gasteiger partial charge in [0.15, 0.2) is 0 Å². The van der Waals surface area contributed by atoms with Gasteiger partial charge in [0.1, 0.15) is 0 Å². The first-order chi connectivity index (χ1) is 6.49. The molecule has 1 rings (SSSR count). The molecule has 1 fully saturated rings. The molecule has 4 nitrogen and oxygen atoms in total. The number of nitrogens with one attached hydrogen (secondary N) is 1. The van der Waals surface area contributed by atoms with Crippen LogP contribution < -0.4 is 5.32 Å². The van der Waals surface area contributed by atoms with Crippen molar-refractivity contribution in [2.24, 2.45) is 0 Å². The zero-order valence-electron chi connectivity index (χ0n) is 9.16. The molecular weight excluding hydrogens is 180 g/mol. The second-order valence-corrected chi connectivity index (χ2v) is 4.37. The Labute approximate surface area is 85.3 Å². The summed E-state index contributed by atoms with van der Waals surface area (Å²) in [4.78, 5) is 12.8. The van der Waals surface area contributed by atoms with Gasteiger partial charge in [-0.05, 0) is 20.8 Å². The zero-order chi connectivity index (χ0) is 10.7. The molecule has 14 heavy (non-hydrogen) atoms. The first kappa shape index (κ1) is 11.5. The van der Waals surface area contributed by atoms with E-state index in [-0.39, 0.29) is 12.5 Å². The maximum Gasteiger partial charge on any atom is 0.304 e. The summed E-state index contributed by atoms with van der Waals surface area (Å²) >= 11 is 0. The van der Waals surface area contributed by atoms with Gasteiger partial charge in [-0.25, -0.2) is 0 Å². The van der Waals surface area contributed by atoms with Crippen molar-refractivity contribution >= 4 is 5.97 Å². The van der Waals surface area contributed by atoms with Crippen molar-refractivity contribution in [1.29, 1.82) is 0 Å². The number of carboxylic acids is 1. The molecule has 1 heterocycles. The largest absolute Gasteiger partial charge is 0.481 e. The van der Waals surface area contributed by atoms with Crippen LogP contribution in [0.25, 0.3) is 0 Å². The minimum absolute atomic E-state index is 0.138. The highest BCUT2D eigenvalue weighted by atomic mass is 16.4. The van der Waals surface area contributed by atoms with E-state index in [1.54, 1.807) is 0 Å². The highest BCUT2D eigenvalue weighted by Crippen LogP contribution is 2.10. The summed E-state index contributed by atoms with van der Waals surface area (Å²) in [6.45, 7) is 8.14. The summed E-state index contributed by atoms with van der Waals surface area (Å²) in [5, 5.41) is 12.1. The monoisotopic (exact) mass is 200 g/mol. The number of rotatable bonds is 3. The fourth-order valence-corrected chi connectivity index (χ4v) is 2.11. The maximum atomic E-state index is 10.6. The third-order valence-electron chi connectivity index (χ3n) is 2.68. The average molecular weight is 200 g/mol. The molecule has 3 atom stereocenters. The van der Waals surface area contributed by atoms with Crippen LogP contribution in [0.1, 0.15) is 27.2 Å². The minimum atomic E-state index is -0.712. The molecule has 0 radical (unpaired) electrons. The van der Waals surface area contributed by atoms with E-state index in [0.29, 0.717) is 12.1 Å². The standard InChI is InChI=1S/C10H20N2O2/c1-7-5-12(6-8(2)11-7)9(3)4-10(13)14/h7-9,11H,4-6H2,1-3H3,(H,13,14). The molecule has 0 aliphatic carbocycles. The lowest BCUT2D eigenvalue weighted by Gasteiger charge is -2.39. The number of carbonyl (C=O) groups is 1. The van der Waals surface area contributed by atoms with Gasteiger partial charge >= 0.3 is 5.97 Å². The van der Waals surface area contributed by atoms with Crippen molar-refractivity contribution in [3.63, 3.8) is 0 Å². The number of hydrogen-bond acceptors (Lipinski definition) is 3. The number of hydrogen-bond donors (Lipinski definition) is 2. The lowest BCUT2D eigenvalue weighted by Crippen LogP contribution is -2.56. The summed E-state index contributed by atoms with van der Waals surface area (Å²) in [5.74, 6) is -0.712. The van der Waals surface area contributed by atoms with E-state index in [1.165, 1.54) is 0 Å². The highest BCUT2D eigenvalue weighted by molar-refractivity contribution is 5.67. The van der Waals surface area contributed by atoms with E-state index < -0.39 is 5.97 Å². The predicted octanol–water partition coefficient (Wildman–Crippen LogP) is 0.532. The van der Waals surface area contributed by atoms with Crippen molar-refractivity contribution in [2.45, 2.75) is 45.3 Å². The Hall–Kier alpha value is -0.610. The molecule has 0 saturated carbocycles. The number of piperazine rings is 1. The number of carboxylic acid groups (broad SMARTS) is 1. The molecular formula is C10H20N2O2. The van der Waals surface area contributed by atoms with E-state index in [2.05, 4.69) is 24.1 Å². The maximum absolute atomic E-state index is 10.6. The molecule has 3 unspecified atom stereocenters.